The number of aliphatic hydroxyl groups is 1. The van der Waals surface area contributed by atoms with E-state index in [2.05, 4.69) is 28.5 Å². The number of nitrogens with one attached hydrogen (secondary N) is 1. The van der Waals surface area contributed by atoms with Crippen molar-refractivity contribution in [3.8, 4) is 10.6 Å². The van der Waals surface area contributed by atoms with Gasteiger partial charge in [-0.25, -0.2) is 4.68 Å². The number of rotatable bonds is 8. The van der Waals surface area contributed by atoms with Gasteiger partial charge in [-0.05, 0) is 30.9 Å². The van der Waals surface area contributed by atoms with Crippen LogP contribution in [0.5, 0.6) is 0 Å². The van der Waals surface area contributed by atoms with Crippen molar-refractivity contribution in [2.45, 2.75) is 32.5 Å². The fourth-order valence-electron chi connectivity index (χ4n) is 2.43. The van der Waals surface area contributed by atoms with E-state index < -0.39 is 0 Å². The van der Waals surface area contributed by atoms with E-state index in [1.54, 1.807) is 17.5 Å². The van der Waals surface area contributed by atoms with Gasteiger partial charge in [-0.3, -0.25) is 4.68 Å². The zero-order chi connectivity index (χ0) is 16.1. The fourth-order valence-corrected chi connectivity index (χ4v) is 3.11. The molecule has 3 rings (SSSR count). The highest BCUT2D eigenvalue weighted by molar-refractivity contribution is 7.13. The Kier molecular flexibility index (Phi) is 5.09. The molecule has 0 aliphatic rings. The number of nitrogens with zero attached hydrogens (tertiary/aromatic N) is 4. The topological polar surface area (TPSA) is 67.9 Å². The first-order chi connectivity index (χ1) is 11.3. The standard InChI is InChI=1S/C16H21N5OS/c1-13(5-8-20-7-3-6-17-20)18-16-12-14(15-4-2-11-23-15)19-21(16)9-10-22/h2-4,6-7,11-13,18,22H,5,8-10H2,1H3. The second-order valence-corrected chi connectivity index (χ2v) is 6.39. The molecule has 0 amide bonds. The maximum absolute atomic E-state index is 9.25. The number of anilines is 1. The maximum Gasteiger partial charge on any atom is 0.125 e. The Morgan fingerprint density at radius 2 is 2.26 bits per heavy atom. The number of aryl methyl sites for hydroxylation is 1. The van der Waals surface area contributed by atoms with Crippen molar-refractivity contribution in [3.05, 3.63) is 42.0 Å². The molecule has 0 aromatic carbocycles. The van der Waals surface area contributed by atoms with Crippen LogP contribution in [0, 0.1) is 0 Å². The lowest BCUT2D eigenvalue weighted by Gasteiger charge is -2.16. The molecule has 0 aliphatic carbocycles. The molecule has 3 heterocycles. The average molecular weight is 331 g/mol. The number of aliphatic hydroxyl groups excluding tert-OH is 1. The Hall–Kier alpha value is -2.12. The van der Waals surface area contributed by atoms with Crippen molar-refractivity contribution in [2.75, 3.05) is 11.9 Å². The third-order valence-corrected chi connectivity index (χ3v) is 4.50. The van der Waals surface area contributed by atoms with Gasteiger partial charge in [-0.1, -0.05) is 6.07 Å². The average Bonchev–Trinajstić information content (AvgIpc) is 3.28. The summed E-state index contributed by atoms with van der Waals surface area (Å²) >= 11 is 1.67. The van der Waals surface area contributed by atoms with Crippen LogP contribution in [0.25, 0.3) is 10.6 Å². The van der Waals surface area contributed by atoms with Crippen LogP contribution in [0.3, 0.4) is 0 Å². The summed E-state index contributed by atoms with van der Waals surface area (Å²) in [4.78, 5) is 1.13. The molecule has 0 bridgehead atoms. The molecule has 6 nitrogen and oxygen atoms in total. The van der Waals surface area contributed by atoms with Crippen molar-refractivity contribution in [1.29, 1.82) is 0 Å². The predicted octanol–water partition coefficient (Wildman–Crippen LogP) is 2.69. The van der Waals surface area contributed by atoms with Crippen LogP contribution >= 0.6 is 11.3 Å². The normalized spacial score (nSPS) is 12.4. The van der Waals surface area contributed by atoms with Crippen molar-refractivity contribution >= 4 is 17.2 Å². The lowest BCUT2D eigenvalue weighted by Crippen LogP contribution is -2.20. The third kappa shape index (κ3) is 4.00. The van der Waals surface area contributed by atoms with Gasteiger partial charge in [0.25, 0.3) is 0 Å². The van der Waals surface area contributed by atoms with Gasteiger partial charge in [0.15, 0.2) is 0 Å². The van der Waals surface area contributed by atoms with Gasteiger partial charge in [0.05, 0.1) is 18.0 Å². The number of hydrogen-bond donors (Lipinski definition) is 2. The molecule has 3 aromatic rings. The lowest BCUT2D eigenvalue weighted by atomic mass is 10.2. The quantitative estimate of drug-likeness (QED) is 0.666. The van der Waals surface area contributed by atoms with E-state index >= 15 is 0 Å². The Morgan fingerprint density at radius 1 is 1.35 bits per heavy atom. The van der Waals surface area contributed by atoms with E-state index in [0.29, 0.717) is 6.54 Å². The molecule has 0 aliphatic heterocycles. The summed E-state index contributed by atoms with van der Waals surface area (Å²) in [5.74, 6) is 0.940. The monoisotopic (exact) mass is 331 g/mol. The van der Waals surface area contributed by atoms with E-state index in [4.69, 9.17) is 0 Å². The summed E-state index contributed by atoms with van der Waals surface area (Å²) < 4.78 is 3.76. The Bertz CT molecular complexity index is 705. The van der Waals surface area contributed by atoms with Gasteiger partial charge in [-0.15, -0.1) is 11.3 Å². The number of thiophene rings is 1. The molecule has 1 atom stereocenters. The summed E-state index contributed by atoms with van der Waals surface area (Å²) in [6.45, 7) is 3.57. The molecule has 23 heavy (non-hydrogen) atoms. The molecule has 0 saturated heterocycles. The van der Waals surface area contributed by atoms with E-state index in [-0.39, 0.29) is 12.6 Å². The first kappa shape index (κ1) is 15.8. The van der Waals surface area contributed by atoms with Crippen LogP contribution in [0.15, 0.2) is 42.0 Å². The van der Waals surface area contributed by atoms with Gasteiger partial charge in [0, 0.05) is 31.0 Å². The predicted molar refractivity (Wildman–Crippen MR) is 92.6 cm³/mol. The Morgan fingerprint density at radius 3 is 2.96 bits per heavy atom. The van der Waals surface area contributed by atoms with Crippen molar-refractivity contribution in [2.24, 2.45) is 0 Å². The zero-order valence-corrected chi connectivity index (χ0v) is 13.9. The van der Waals surface area contributed by atoms with Crippen molar-refractivity contribution < 1.29 is 5.11 Å². The highest BCUT2D eigenvalue weighted by Crippen LogP contribution is 2.26. The van der Waals surface area contributed by atoms with E-state index in [0.717, 1.165) is 29.4 Å². The first-order valence-electron chi connectivity index (χ1n) is 7.73. The Balaban J connectivity index is 1.67. The smallest absolute Gasteiger partial charge is 0.125 e. The minimum absolute atomic E-state index is 0.0713. The van der Waals surface area contributed by atoms with Crippen molar-refractivity contribution in [3.63, 3.8) is 0 Å². The van der Waals surface area contributed by atoms with Gasteiger partial charge >= 0.3 is 0 Å². The molecule has 1 unspecified atom stereocenters. The molecule has 0 saturated carbocycles. The molecule has 0 spiro atoms. The zero-order valence-electron chi connectivity index (χ0n) is 13.1. The maximum atomic E-state index is 9.25. The van der Waals surface area contributed by atoms with Crippen LogP contribution in [0.4, 0.5) is 5.82 Å². The van der Waals surface area contributed by atoms with E-state index in [1.165, 1.54) is 0 Å². The van der Waals surface area contributed by atoms with Crippen LogP contribution < -0.4 is 5.32 Å². The summed E-state index contributed by atoms with van der Waals surface area (Å²) in [6, 6.07) is 8.34. The summed E-state index contributed by atoms with van der Waals surface area (Å²) in [6.07, 6.45) is 4.72. The Labute approximate surface area is 139 Å². The van der Waals surface area contributed by atoms with Gasteiger partial charge in [0.2, 0.25) is 0 Å². The lowest BCUT2D eigenvalue weighted by molar-refractivity contribution is 0.270. The summed E-state index contributed by atoms with van der Waals surface area (Å²) in [7, 11) is 0. The second-order valence-electron chi connectivity index (χ2n) is 5.44. The minimum Gasteiger partial charge on any atom is -0.394 e. The van der Waals surface area contributed by atoms with Crippen LogP contribution in [0.2, 0.25) is 0 Å². The molecule has 3 aromatic heterocycles. The molecular formula is C16H21N5OS. The van der Waals surface area contributed by atoms with Gasteiger partial charge in [0.1, 0.15) is 11.5 Å². The minimum atomic E-state index is 0.0713. The van der Waals surface area contributed by atoms with Crippen LogP contribution in [-0.4, -0.2) is 37.3 Å². The molecule has 7 heteroatoms. The third-order valence-electron chi connectivity index (χ3n) is 3.61. The first-order valence-corrected chi connectivity index (χ1v) is 8.61. The summed E-state index contributed by atoms with van der Waals surface area (Å²) in [5, 5.41) is 23.6. The van der Waals surface area contributed by atoms with E-state index in [1.807, 2.05) is 39.1 Å². The number of hydrogen-bond acceptors (Lipinski definition) is 5. The molecule has 0 fully saturated rings. The molecule has 122 valence electrons. The SMILES string of the molecule is CC(CCn1cccn1)Nc1cc(-c2cccs2)nn1CCO. The second kappa shape index (κ2) is 7.43. The van der Waals surface area contributed by atoms with Gasteiger partial charge in [-0.2, -0.15) is 10.2 Å². The highest BCUT2D eigenvalue weighted by atomic mass is 32.1. The molecule has 2 N–H and O–H groups in total. The largest absolute Gasteiger partial charge is 0.394 e. The molecular weight excluding hydrogens is 310 g/mol. The highest BCUT2D eigenvalue weighted by Gasteiger charge is 2.12. The molecule has 0 radical (unpaired) electrons. The van der Waals surface area contributed by atoms with Gasteiger partial charge < -0.3 is 10.4 Å². The van der Waals surface area contributed by atoms with Crippen LogP contribution in [-0.2, 0) is 13.1 Å². The van der Waals surface area contributed by atoms with Crippen LogP contribution in [0.1, 0.15) is 13.3 Å². The summed E-state index contributed by atoms with van der Waals surface area (Å²) in [5.41, 5.74) is 0.940. The van der Waals surface area contributed by atoms with E-state index in [9.17, 15) is 5.11 Å². The van der Waals surface area contributed by atoms with Crippen molar-refractivity contribution in [1.82, 2.24) is 19.6 Å². The fraction of sp³-hybridized carbons (Fsp3) is 0.375. The number of aromatic nitrogens is 4.